The largest absolute Gasteiger partial charge is 0.481 e. The monoisotopic (exact) mass is 549 g/mol. The topological polar surface area (TPSA) is 204 Å². The molecule has 3 amide bonds. The number of amides is 3. The van der Waals surface area contributed by atoms with Gasteiger partial charge in [0.1, 0.15) is 18.1 Å². The molecule has 0 saturated heterocycles. The maximum atomic E-state index is 13.0. The molecule has 208 valence electrons. The lowest BCUT2D eigenvalue weighted by molar-refractivity contribution is -0.142. The fraction of sp³-hybridized carbons (Fsp3) is 0.480. The molecule has 2 aromatic rings. The summed E-state index contributed by atoms with van der Waals surface area (Å²) in [5.74, 6) is -4.59. The Hall–Kier alpha value is -3.58. The maximum Gasteiger partial charge on any atom is 0.326 e. The summed E-state index contributed by atoms with van der Waals surface area (Å²) in [6, 6.07) is 2.75. The second-order valence-electron chi connectivity index (χ2n) is 9.44. The Morgan fingerprint density at radius 1 is 0.947 bits per heavy atom. The average molecular weight is 550 g/mol. The smallest absolute Gasteiger partial charge is 0.326 e. The van der Waals surface area contributed by atoms with E-state index in [4.69, 9.17) is 10.8 Å². The third kappa shape index (κ3) is 9.06. The summed E-state index contributed by atoms with van der Waals surface area (Å²) < 4.78 is 0. The lowest BCUT2D eigenvalue weighted by atomic mass is 10.0. The molecule has 2 rings (SSSR count). The number of carbonyl (C=O) groups excluding carboxylic acids is 3. The number of fused-ring (bicyclic) bond motifs is 1. The number of aromatic amines is 1. The van der Waals surface area contributed by atoms with Crippen LogP contribution < -0.4 is 21.7 Å². The van der Waals surface area contributed by atoms with Crippen molar-refractivity contribution in [2.75, 3.05) is 5.75 Å². The zero-order chi connectivity index (χ0) is 28.4. The average Bonchev–Trinajstić information content (AvgIpc) is 3.27. The van der Waals surface area contributed by atoms with Crippen LogP contribution in [0.3, 0.4) is 0 Å². The SMILES string of the molecule is CC(C)CC(NC(=O)C(N)CCC(=O)O)C(=O)NC(CS)C(=O)NC(Cc1c[nH]c2ccccc12)C(=O)O. The van der Waals surface area contributed by atoms with Gasteiger partial charge in [-0.1, -0.05) is 32.0 Å². The van der Waals surface area contributed by atoms with E-state index >= 15 is 0 Å². The lowest BCUT2D eigenvalue weighted by Crippen LogP contribution is -2.58. The van der Waals surface area contributed by atoms with E-state index in [0.717, 1.165) is 10.9 Å². The zero-order valence-corrected chi connectivity index (χ0v) is 22.2. The lowest BCUT2D eigenvalue weighted by Gasteiger charge is -2.25. The van der Waals surface area contributed by atoms with Gasteiger partial charge >= 0.3 is 11.9 Å². The van der Waals surface area contributed by atoms with Gasteiger partial charge in [0.25, 0.3) is 0 Å². The first-order valence-corrected chi connectivity index (χ1v) is 12.8. The molecule has 1 aromatic heterocycles. The van der Waals surface area contributed by atoms with Crippen LogP contribution in [0.1, 0.15) is 38.7 Å². The van der Waals surface area contributed by atoms with Crippen molar-refractivity contribution in [1.82, 2.24) is 20.9 Å². The third-order valence-electron chi connectivity index (χ3n) is 5.88. The number of para-hydroxylation sites is 1. The van der Waals surface area contributed by atoms with Crippen molar-refractivity contribution in [3.8, 4) is 0 Å². The van der Waals surface area contributed by atoms with Gasteiger partial charge in [-0.15, -0.1) is 0 Å². The number of carbonyl (C=O) groups is 5. The van der Waals surface area contributed by atoms with Crippen LogP contribution in [-0.2, 0) is 30.4 Å². The second kappa shape index (κ2) is 14.4. The fourth-order valence-electron chi connectivity index (χ4n) is 3.85. The molecular formula is C25H35N5O7S. The molecule has 8 N–H and O–H groups in total. The standard InChI is InChI=1S/C25H35N5O7S/c1-13(2)9-18(28-22(33)16(26)7-8-21(31)32)23(34)30-20(12-38)24(35)29-19(25(36)37)10-14-11-27-17-6-4-3-5-15(14)17/h3-6,11,13,16,18-20,27,38H,7-10,12,26H2,1-2H3,(H,28,33)(H,29,35)(H,30,34)(H,31,32)(H,36,37). The molecule has 0 fully saturated rings. The van der Waals surface area contributed by atoms with Crippen LogP contribution in [0.2, 0.25) is 0 Å². The predicted octanol–water partition coefficient (Wildman–Crippen LogP) is 0.417. The number of aromatic nitrogens is 1. The molecular weight excluding hydrogens is 514 g/mol. The molecule has 4 atom stereocenters. The van der Waals surface area contributed by atoms with Gasteiger partial charge in [-0.3, -0.25) is 19.2 Å². The van der Waals surface area contributed by atoms with Crippen LogP contribution in [0.25, 0.3) is 10.9 Å². The van der Waals surface area contributed by atoms with Crippen LogP contribution in [0.4, 0.5) is 0 Å². The summed E-state index contributed by atoms with van der Waals surface area (Å²) in [5.41, 5.74) is 7.29. The van der Waals surface area contributed by atoms with Crippen molar-refractivity contribution in [1.29, 1.82) is 0 Å². The van der Waals surface area contributed by atoms with Gasteiger partial charge < -0.3 is 36.9 Å². The number of nitrogens with one attached hydrogen (secondary N) is 4. The van der Waals surface area contributed by atoms with Gasteiger partial charge in [-0.25, -0.2) is 4.79 Å². The highest BCUT2D eigenvalue weighted by molar-refractivity contribution is 7.80. The molecule has 0 saturated carbocycles. The first-order valence-electron chi connectivity index (χ1n) is 12.2. The van der Waals surface area contributed by atoms with Crippen molar-refractivity contribution in [2.24, 2.45) is 11.7 Å². The molecule has 38 heavy (non-hydrogen) atoms. The Labute approximate surface area is 225 Å². The Morgan fingerprint density at radius 3 is 2.16 bits per heavy atom. The number of rotatable bonds is 15. The van der Waals surface area contributed by atoms with Crippen LogP contribution >= 0.6 is 12.6 Å². The van der Waals surface area contributed by atoms with E-state index in [1.807, 2.05) is 38.1 Å². The number of carboxylic acids is 2. The Morgan fingerprint density at radius 2 is 1.55 bits per heavy atom. The minimum Gasteiger partial charge on any atom is -0.481 e. The number of H-pyrrole nitrogens is 1. The fourth-order valence-corrected chi connectivity index (χ4v) is 4.11. The van der Waals surface area contributed by atoms with E-state index in [-0.39, 0.29) is 37.4 Å². The zero-order valence-electron chi connectivity index (χ0n) is 21.3. The van der Waals surface area contributed by atoms with Crippen LogP contribution in [-0.4, -0.2) is 74.8 Å². The van der Waals surface area contributed by atoms with E-state index in [0.29, 0.717) is 5.56 Å². The summed E-state index contributed by atoms with van der Waals surface area (Å²) in [6.07, 6.45) is 1.51. The van der Waals surface area contributed by atoms with Crippen molar-refractivity contribution in [2.45, 2.75) is 63.7 Å². The summed E-state index contributed by atoms with van der Waals surface area (Å²) in [5, 5.41) is 26.9. The molecule has 0 aliphatic rings. The molecule has 0 aliphatic carbocycles. The summed E-state index contributed by atoms with van der Waals surface area (Å²) in [7, 11) is 0. The normalized spacial score (nSPS) is 14.3. The summed E-state index contributed by atoms with van der Waals surface area (Å²) in [4.78, 5) is 64.1. The Bertz CT molecular complexity index is 1150. The molecule has 12 nitrogen and oxygen atoms in total. The van der Waals surface area contributed by atoms with E-state index in [1.165, 1.54) is 0 Å². The van der Waals surface area contributed by atoms with Crippen LogP contribution in [0.15, 0.2) is 30.5 Å². The molecule has 13 heteroatoms. The highest BCUT2D eigenvalue weighted by atomic mass is 32.1. The van der Waals surface area contributed by atoms with Gasteiger partial charge in [0.2, 0.25) is 17.7 Å². The summed E-state index contributed by atoms with van der Waals surface area (Å²) in [6.45, 7) is 3.67. The Balaban J connectivity index is 2.07. The van der Waals surface area contributed by atoms with Crippen molar-refractivity contribution in [3.63, 3.8) is 0 Å². The molecule has 0 bridgehead atoms. The molecule has 1 heterocycles. The van der Waals surface area contributed by atoms with Gasteiger partial charge in [0.15, 0.2) is 0 Å². The second-order valence-corrected chi connectivity index (χ2v) is 9.80. The van der Waals surface area contributed by atoms with Crippen LogP contribution in [0, 0.1) is 5.92 Å². The predicted molar refractivity (Wildman–Crippen MR) is 144 cm³/mol. The third-order valence-corrected chi connectivity index (χ3v) is 6.24. The molecule has 0 aliphatic heterocycles. The Kier molecular flexibility index (Phi) is 11.6. The number of hydrogen-bond acceptors (Lipinski definition) is 7. The summed E-state index contributed by atoms with van der Waals surface area (Å²) >= 11 is 4.14. The number of benzene rings is 1. The van der Waals surface area contributed by atoms with Gasteiger partial charge in [-0.05, 0) is 30.4 Å². The van der Waals surface area contributed by atoms with Crippen molar-refractivity contribution < 1.29 is 34.2 Å². The van der Waals surface area contributed by atoms with Crippen LogP contribution in [0.5, 0.6) is 0 Å². The van der Waals surface area contributed by atoms with E-state index < -0.39 is 53.8 Å². The minimum atomic E-state index is -1.26. The molecule has 4 unspecified atom stereocenters. The van der Waals surface area contributed by atoms with E-state index in [2.05, 4.69) is 33.6 Å². The quantitative estimate of drug-likeness (QED) is 0.146. The van der Waals surface area contributed by atoms with Gasteiger partial charge in [-0.2, -0.15) is 12.6 Å². The van der Waals surface area contributed by atoms with E-state index in [9.17, 15) is 29.1 Å². The highest BCUT2D eigenvalue weighted by Gasteiger charge is 2.30. The van der Waals surface area contributed by atoms with Gasteiger partial charge in [0, 0.05) is 35.7 Å². The maximum absolute atomic E-state index is 13.0. The number of hydrogen-bond donors (Lipinski definition) is 8. The number of carboxylic acid groups (broad SMARTS) is 2. The van der Waals surface area contributed by atoms with E-state index in [1.54, 1.807) is 6.20 Å². The molecule has 0 spiro atoms. The number of nitrogens with two attached hydrogens (primary N) is 1. The number of aliphatic carboxylic acids is 2. The minimum absolute atomic E-state index is 0.0125. The van der Waals surface area contributed by atoms with Crippen molar-refractivity contribution in [3.05, 3.63) is 36.0 Å². The first kappa shape index (κ1) is 30.6. The van der Waals surface area contributed by atoms with Gasteiger partial charge in [0.05, 0.1) is 6.04 Å². The molecule has 0 radical (unpaired) electrons. The first-order chi connectivity index (χ1) is 17.9. The number of thiol groups is 1. The highest BCUT2D eigenvalue weighted by Crippen LogP contribution is 2.19. The molecule has 1 aromatic carbocycles. The van der Waals surface area contributed by atoms with Crippen molar-refractivity contribution >= 4 is 53.2 Å².